The van der Waals surface area contributed by atoms with Crippen molar-refractivity contribution in [3.8, 4) is 0 Å². The molecule has 0 aliphatic rings. The van der Waals surface area contributed by atoms with Crippen molar-refractivity contribution in [2.75, 3.05) is 17.4 Å². The second-order valence-electron chi connectivity index (χ2n) is 8.73. The van der Waals surface area contributed by atoms with Gasteiger partial charge in [-0.3, -0.25) is 13.9 Å². The van der Waals surface area contributed by atoms with Crippen molar-refractivity contribution in [1.29, 1.82) is 0 Å². The van der Waals surface area contributed by atoms with Gasteiger partial charge in [0.2, 0.25) is 11.8 Å². The lowest BCUT2D eigenvalue weighted by Crippen LogP contribution is -2.51. The molecule has 0 radical (unpaired) electrons. The Morgan fingerprint density at radius 2 is 1.65 bits per heavy atom. The predicted octanol–water partition coefficient (Wildman–Crippen LogP) is 4.79. The maximum atomic E-state index is 13.8. The van der Waals surface area contributed by atoms with Gasteiger partial charge in [0.05, 0.1) is 10.6 Å². The third-order valence-electron chi connectivity index (χ3n) is 5.95. The molecule has 0 aliphatic heterocycles. The summed E-state index contributed by atoms with van der Waals surface area (Å²) in [5, 5.41) is 3.33. The number of rotatable bonds is 11. The summed E-state index contributed by atoms with van der Waals surface area (Å²) >= 11 is 6.16. The summed E-state index contributed by atoms with van der Waals surface area (Å²) < 4.78 is 28.6. The van der Waals surface area contributed by atoms with Gasteiger partial charge in [0.25, 0.3) is 10.0 Å². The number of amides is 2. The number of halogens is 1. The van der Waals surface area contributed by atoms with E-state index in [-0.39, 0.29) is 17.3 Å². The Kier molecular flexibility index (Phi) is 9.72. The molecule has 1 atom stereocenters. The van der Waals surface area contributed by atoms with Crippen molar-refractivity contribution in [1.82, 2.24) is 10.2 Å². The topological polar surface area (TPSA) is 86.8 Å². The number of anilines is 1. The minimum absolute atomic E-state index is 0.0705. The molecule has 3 rings (SSSR count). The van der Waals surface area contributed by atoms with Gasteiger partial charge >= 0.3 is 0 Å². The molecule has 3 aromatic rings. The largest absolute Gasteiger partial charge is 0.354 e. The van der Waals surface area contributed by atoms with Gasteiger partial charge in [-0.1, -0.05) is 67.1 Å². The minimum atomic E-state index is -4.08. The molecular formula is C28H32ClN3O4S. The zero-order chi connectivity index (χ0) is 27.0. The van der Waals surface area contributed by atoms with Crippen LogP contribution in [0.25, 0.3) is 0 Å². The third kappa shape index (κ3) is 7.11. The Hall–Kier alpha value is -3.36. The minimum Gasteiger partial charge on any atom is -0.354 e. The van der Waals surface area contributed by atoms with Gasteiger partial charge in [-0.2, -0.15) is 0 Å². The highest BCUT2D eigenvalue weighted by atomic mass is 35.5. The van der Waals surface area contributed by atoms with Crippen LogP contribution in [-0.4, -0.2) is 44.3 Å². The van der Waals surface area contributed by atoms with Gasteiger partial charge in [0.1, 0.15) is 12.6 Å². The van der Waals surface area contributed by atoms with E-state index in [0.717, 1.165) is 16.3 Å². The van der Waals surface area contributed by atoms with Crippen LogP contribution in [-0.2, 0) is 26.2 Å². The van der Waals surface area contributed by atoms with Gasteiger partial charge in [-0.05, 0) is 61.7 Å². The van der Waals surface area contributed by atoms with E-state index in [0.29, 0.717) is 22.8 Å². The van der Waals surface area contributed by atoms with Crippen LogP contribution >= 0.6 is 11.6 Å². The Morgan fingerprint density at radius 3 is 2.30 bits per heavy atom. The molecule has 0 saturated heterocycles. The monoisotopic (exact) mass is 541 g/mol. The first-order valence-corrected chi connectivity index (χ1v) is 13.9. The van der Waals surface area contributed by atoms with Crippen LogP contribution in [0.1, 0.15) is 31.4 Å². The van der Waals surface area contributed by atoms with Crippen LogP contribution in [0.15, 0.2) is 83.8 Å². The number of carbonyl (C=O) groups excluding carboxylic acids is 2. The fourth-order valence-corrected chi connectivity index (χ4v) is 5.60. The SMILES string of the molecule is CCCNC(=O)C(C)N(Cc1cccc(Cl)c1)C(=O)CN(c1ccccc1C)S(=O)(=O)c1ccccc1. The number of para-hydroxylation sites is 1. The molecule has 0 spiro atoms. The highest BCUT2D eigenvalue weighted by Crippen LogP contribution is 2.27. The molecule has 9 heteroatoms. The zero-order valence-corrected chi connectivity index (χ0v) is 22.8. The Bertz CT molecular complexity index is 1330. The number of benzene rings is 3. The molecule has 0 fully saturated rings. The van der Waals surface area contributed by atoms with E-state index in [1.54, 1.807) is 74.5 Å². The smallest absolute Gasteiger partial charge is 0.264 e. The van der Waals surface area contributed by atoms with Gasteiger partial charge < -0.3 is 10.2 Å². The lowest BCUT2D eigenvalue weighted by Gasteiger charge is -2.32. The average molecular weight is 542 g/mol. The number of nitrogens with one attached hydrogen (secondary N) is 1. The summed E-state index contributed by atoms with van der Waals surface area (Å²) in [6.07, 6.45) is 0.747. The van der Waals surface area contributed by atoms with Gasteiger partial charge in [0.15, 0.2) is 0 Å². The Balaban J connectivity index is 2.02. The van der Waals surface area contributed by atoms with Crippen molar-refractivity contribution in [3.63, 3.8) is 0 Å². The van der Waals surface area contributed by atoms with Gasteiger partial charge in [-0.25, -0.2) is 8.42 Å². The van der Waals surface area contributed by atoms with E-state index >= 15 is 0 Å². The molecule has 37 heavy (non-hydrogen) atoms. The molecule has 2 amide bonds. The van der Waals surface area contributed by atoms with Crippen molar-refractivity contribution in [2.24, 2.45) is 0 Å². The lowest BCUT2D eigenvalue weighted by atomic mass is 10.1. The van der Waals surface area contributed by atoms with E-state index in [9.17, 15) is 18.0 Å². The van der Waals surface area contributed by atoms with E-state index < -0.39 is 28.5 Å². The number of aryl methyl sites for hydroxylation is 1. The molecule has 7 nitrogen and oxygen atoms in total. The fourth-order valence-electron chi connectivity index (χ4n) is 3.89. The lowest BCUT2D eigenvalue weighted by molar-refractivity contribution is -0.139. The normalized spacial score (nSPS) is 12.0. The van der Waals surface area contributed by atoms with Gasteiger partial charge in [0, 0.05) is 18.1 Å². The number of hydrogen-bond donors (Lipinski definition) is 1. The summed E-state index contributed by atoms with van der Waals surface area (Å²) in [5.74, 6) is -0.826. The molecular weight excluding hydrogens is 510 g/mol. The molecule has 0 aliphatic carbocycles. The second-order valence-corrected chi connectivity index (χ2v) is 11.0. The molecule has 0 bridgehead atoms. The first-order chi connectivity index (χ1) is 17.6. The highest BCUT2D eigenvalue weighted by molar-refractivity contribution is 7.92. The quantitative estimate of drug-likeness (QED) is 0.378. The Labute approximate surface area is 224 Å². The van der Waals surface area contributed by atoms with Gasteiger partial charge in [-0.15, -0.1) is 0 Å². The molecule has 3 aromatic carbocycles. The van der Waals surface area contributed by atoms with E-state index in [1.807, 2.05) is 13.0 Å². The molecule has 196 valence electrons. The number of sulfonamides is 1. The summed E-state index contributed by atoms with van der Waals surface area (Å²) in [5.41, 5.74) is 1.82. The Morgan fingerprint density at radius 1 is 0.973 bits per heavy atom. The van der Waals surface area contributed by atoms with Crippen molar-refractivity contribution < 1.29 is 18.0 Å². The fraction of sp³-hybridized carbons (Fsp3) is 0.286. The summed E-state index contributed by atoms with van der Waals surface area (Å²) in [6.45, 7) is 5.45. The molecule has 0 heterocycles. The predicted molar refractivity (Wildman–Crippen MR) is 147 cm³/mol. The number of carbonyl (C=O) groups is 2. The first kappa shape index (κ1) is 28.2. The summed E-state index contributed by atoms with van der Waals surface area (Å²) in [7, 11) is -4.08. The summed E-state index contributed by atoms with van der Waals surface area (Å²) in [6, 6.07) is 21.2. The first-order valence-electron chi connectivity index (χ1n) is 12.1. The van der Waals surface area contributed by atoms with Crippen LogP contribution in [0.5, 0.6) is 0 Å². The standard InChI is InChI=1S/C28H32ClN3O4S/c1-4-17-30-28(34)22(3)31(19-23-12-10-13-24(29)18-23)27(33)20-32(26-16-9-8-11-21(26)2)37(35,36)25-14-6-5-7-15-25/h5-16,18,22H,4,17,19-20H2,1-3H3,(H,30,34). The maximum Gasteiger partial charge on any atom is 0.264 e. The van der Waals surface area contributed by atoms with E-state index in [2.05, 4.69) is 5.32 Å². The van der Waals surface area contributed by atoms with E-state index in [4.69, 9.17) is 11.6 Å². The van der Waals surface area contributed by atoms with Crippen molar-refractivity contribution in [3.05, 3.63) is 95.0 Å². The second kappa shape index (κ2) is 12.7. The van der Waals surface area contributed by atoms with E-state index in [1.165, 1.54) is 17.0 Å². The van der Waals surface area contributed by atoms with Crippen LogP contribution in [0.3, 0.4) is 0 Å². The highest BCUT2D eigenvalue weighted by Gasteiger charge is 2.32. The van der Waals surface area contributed by atoms with Crippen molar-refractivity contribution in [2.45, 2.75) is 44.7 Å². The van der Waals surface area contributed by atoms with Crippen LogP contribution in [0, 0.1) is 6.92 Å². The zero-order valence-electron chi connectivity index (χ0n) is 21.2. The molecule has 0 saturated carbocycles. The van der Waals surface area contributed by atoms with Crippen LogP contribution in [0.4, 0.5) is 5.69 Å². The average Bonchev–Trinajstić information content (AvgIpc) is 2.89. The maximum absolute atomic E-state index is 13.8. The third-order valence-corrected chi connectivity index (χ3v) is 7.96. The number of hydrogen-bond acceptors (Lipinski definition) is 4. The van der Waals surface area contributed by atoms with Crippen molar-refractivity contribution >= 4 is 39.1 Å². The number of nitrogens with zero attached hydrogens (tertiary/aromatic N) is 2. The molecule has 0 aromatic heterocycles. The van der Waals surface area contributed by atoms with Crippen LogP contribution < -0.4 is 9.62 Å². The summed E-state index contributed by atoms with van der Waals surface area (Å²) in [4.78, 5) is 28.2. The van der Waals surface area contributed by atoms with Crippen LogP contribution in [0.2, 0.25) is 5.02 Å². The molecule has 1 N–H and O–H groups in total. The molecule has 1 unspecified atom stereocenters.